The van der Waals surface area contributed by atoms with Crippen LogP contribution < -0.4 is 9.62 Å². The summed E-state index contributed by atoms with van der Waals surface area (Å²) >= 11 is 9.41. The van der Waals surface area contributed by atoms with Crippen LogP contribution >= 0.6 is 27.5 Å². The van der Waals surface area contributed by atoms with Gasteiger partial charge in [-0.25, -0.2) is 8.42 Å². The van der Waals surface area contributed by atoms with E-state index in [4.69, 9.17) is 11.6 Å². The predicted molar refractivity (Wildman–Crippen MR) is 104 cm³/mol. The molecule has 2 aromatic carbocycles. The number of anilines is 2. The van der Waals surface area contributed by atoms with Crippen molar-refractivity contribution in [3.05, 3.63) is 57.0 Å². The lowest BCUT2D eigenvalue weighted by atomic mass is 10.0. The molecule has 0 aromatic heterocycles. The van der Waals surface area contributed by atoms with Crippen LogP contribution in [0.25, 0.3) is 0 Å². The molecular formula is C17H16BrClN2O3S. The van der Waals surface area contributed by atoms with Gasteiger partial charge in [0.25, 0.3) is 5.91 Å². The maximum atomic E-state index is 12.5. The molecule has 0 saturated carbocycles. The molecule has 0 saturated heterocycles. The molecular weight excluding hydrogens is 428 g/mol. The molecule has 0 unspecified atom stereocenters. The Kier molecular flexibility index (Phi) is 5.09. The summed E-state index contributed by atoms with van der Waals surface area (Å²) in [5.41, 5.74) is 2.55. The lowest BCUT2D eigenvalue weighted by Gasteiger charge is -2.29. The summed E-state index contributed by atoms with van der Waals surface area (Å²) in [5, 5.41) is 3.18. The monoisotopic (exact) mass is 442 g/mol. The summed E-state index contributed by atoms with van der Waals surface area (Å²) in [6.45, 7) is 0.477. The van der Waals surface area contributed by atoms with Crippen LogP contribution in [0.2, 0.25) is 5.02 Å². The van der Waals surface area contributed by atoms with Crippen LogP contribution in [0.15, 0.2) is 40.9 Å². The van der Waals surface area contributed by atoms with Crippen LogP contribution in [0.3, 0.4) is 0 Å². The molecule has 0 spiro atoms. The van der Waals surface area contributed by atoms with Crippen molar-refractivity contribution in [3.63, 3.8) is 0 Å². The van der Waals surface area contributed by atoms with E-state index in [1.54, 1.807) is 30.3 Å². The summed E-state index contributed by atoms with van der Waals surface area (Å²) in [6, 6.07) is 10.3. The highest BCUT2D eigenvalue weighted by molar-refractivity contribution is 9.10. The summed E-state index contributed by atoms with van der Waals surface area (Å²) in [6.07, 6.45) is 2.71. The summed E-state index contributed by atoms with van der Waals surface area (Å²) in [5.74, 6) is -0.318. The number of hydrogen-bond acceptors (Lipinski definition) is 3. The molecule has 0 aliphatic carbocycles. The average molecular weight is 444 g/mol. The van der Waals surface area contributed by atoms with Crippen LogP contribution in [-0.2, 0) is 16.4 Å². The van der Waals surface area contributed by atoms with E-state index in [-0.39, 0.29) is 5.91 Å². The molecule has 0 fully saturated rings. The SMILES string of the molecule is CS(=O)(=O)N1CCCc2cc(NC(=O)c3cc(Br)ccc3Cl)ccc21. The van der Waals surface area contributed by atoms with Gasteiger partial charge in [0.05, 0.1) is 22.5 Å². The molecule has 0 atom stereocenters. The first-order valence-electron chi connectivity index (χ1n) is 7.63. The van der Waals surface area contributed by atoms with Gasteiger partial charge in [-0.1, -0.05) is 27.5 Å². The quantitative estimate of drug-likeness (QED) is 0.778. The third-order valence-electron chi connectivity index (χ3n) is 3.99. The van der Waals surface area contributed by atoms with Gasteiger partial charge in [-0.15, -0.1) is 0 Å². The van der Waals surface area contributed by atoms with Gasteiger partial charge in [-0.2, -0.15) is 0 Å². The van der Waals surface area contributed by atoms with Gasteiger partial charge in [0.15, 0.2) is 0 Å². The van der Waals surface area contributed by atoms with Crippen molar-refractivity contribution in [2.75, 3.05) is 22.4 Å². The fraction of sp³-hybridized carbons (Fsp3) is 0.235. The molecule has 5 nitrogen and oxygen atoms in total. The van der Waals surface area contributed by atoms with Gasteiger partial charge in [0, 0.05) is 16.7 Å². The Morgan fingerprint density at radius 1 is 1.24 bits per heavy atom. The van der Waals surface area contributed by atoms with Crippen molar-refractivity contribution in [3.8, 4) is 0 Å². The number of nitrogens with one attached hydrogen (secondary N) is 1. The second kappa shape index (κ2) is 6.97. The number of amides is 1. The molecule has 0 radical (unpaired) electrons. The van der Waals surface area contributed by atoms with E-state index in [0.717, 1.165) is 22.9 Å². The molecule has 25 heavy (non-hydrogen) atoms. The Bertz CT molecular complexity index is 947. The number of hydrogen-bond donors (Lipinski definition) is 1. The first-order valence-corrected chi connectivity index (χ1v) is 10.6. The molecule has 1 aliphatic heterocycles. The van der Waals surface area contributed by atoms with Crippen LogP contribution in [0, 0.1) is 0 Å². The number of halogens is 2. The molecule has 3 rings (SSSR count). The molecule has 8 heteroatoms. The second-order valence-electron chi connectivity index (χ2n) is 5.86. The molecule has 1 amide bonds. The third-order valence-corrected chi connectivity index (χ3v) is 5.99. The Labute approximate surface area is 160 Å². The van der Waals surface area contributed by atoms with E-state index in [1.807, 2.05) is 6.07 Å². The first-order chi connectivity index (χ1) is 11.8. The van der Waals surface area contributed by atoms with E-state index >= 15 is 0 Å². The highest BCUT2D eigenvalue weighted by atomic mass is 79.9. The average Bonchev–Trinajstić information content (AvgIpc) is 2.55. The standard InChI is InChI=1S/C17H16BrClN2O3S/c1-25(23,24)21-8-2-3-11-9-13(5-7-16(11)21)20-17(22)14-10-12(18)4-6-15(14)19/h4-7,9-10H,2-3,8H2,1H3,(H,20,22). The van der Waals surface area contributed by atoms with Gasteiger partial charge in [0.2, 0.25) is 10.0 Å². The summed E-state index contributed by atoms with van der Waals surface area (Å²) < 4.78 is 26.0. The maximum absolute atomic E-state index is 12.5. The lowest BCUT2D eigenvalue weighted by Crippen LogP contribution is -2.34. The number of carbonyl (C=O) groups excluding carboxylic acids is 1. The fourth-order valence-corrected chi connectivity index (χ4v) is 4.42. The second-order valence-corrected chi connectivity index (χ2v) is 9.09. The number of carbonyl (C=O) groups is 1. The van der Waals surface area contributed by atoms with Crippen molar-refractivity contribution < 1.29 is 13.2 Å². The molecule has 0 bridgehead atoms. The van der Waals surface area contributed by atoms with Gasteiger partial charge in [-0.3, -0.25) is 9.10 Å². The van der Waals surface area contributed by atoms with E-state index in [0.29, 0.717) is 28.5 Å². The molecule has 132 valence electrons. The van der Waals surface area contributed by atoms with Crippen molar-refractivity contribution in [2.45, 2.75) is 12.8 Å². The Morgan fingerprint density at radius 3 is 2.72 bits per heavy atom. The van der Waals surface area contributed by atoms with Crippen LogP contribution in [0.1, 0.15) is 22.3 Å². The molecule has 1 aliphatic rings. The minimum absolute atomic E-state index is 0.318. The van der Waals surface area contributed by atoms with Gasteiger partial charge in [0.1, 0.15) is 0 Å². The first kappa shape index (κ1) is 18.2. The number of nitrogens with zero attached hydrogens (tertiary/aromatic N) is 1. The predicted octanol–water partition coefficient (Wildman–Crippen LogP) is 4.07. The number of benzene rings is 2. The van der Waals surface area contributed by atoms with E-state index < -0.39 is 10.0 Å². The third kappa shape index (κ3) is 3.99. The van der Waals surface area contributed by atoms with E-state index in [2.05, 4.69) is 21.2 Å². The molecule has 1 heterocycles. The zero-order valence-corrected chi connectivity index (χ0v) is 16.6. The fourth-order valence-electron chi connectivity index (χ4n) is 2.85. The number of sulfonamides is 1. The van der Waals surface area contributed by atoms with Gasteiger partial charge >= 0.3 is 0 Å². The van der Waals surface area contributed by atoms with Crippen LogP contribution in [0.5, 0.6) is 0 Å². The zero-order valence-electron chi connectivity index (χ0n) is 13.4. The molecule has 1 N–H and O–H groups in total. The van der Waals surface area contributed by atoms with Crippen molar-refractivity contribution in [2.24, 2.45) is 0 Å². The zero-order chi connectivity index (χ0) is 18.2. The van der Waals surface area contributed by atoms with E-state index in [9.17, 15) is 13.2 Å². The Balaban J connectivity index is 1.88. The van der Waals surface area contributed by atoms with Crippen LogP contribution in [0.4, 0.5) is 11.4 Å². The summed E-state index contributed by atoms with van der Waals surface area (Å²) in [7, 11) is -3.31. The highest BCUT2D eigenvalue weighted by Crippen LogP contribution is 2.31. The minimum atomic E-state index is -3.31. The largest absolute Gasteiger partial charge is 0.322 e. The Hall–Kier alpha value is -1.57. The minimum Gasteiger partial charge on any atom is -0.322 e. The smallest absolute Gasteiger partial charge is 0.257 e. The van der Waals surface area contributed by atoms with Crippen molar-refractivity contribution >= 4 is 54.8 Å². The van der Waals surface area contributed by atoms with Crippen LogP contribution in [-0.4, -0.2) is 27.1 Å². The lowest BCUT2D eigenvalue weighted by molar-refractivity contribution is 0.102. The van der Waals surface area contributed by atoms with Crippen molar-refractivity contribution in [1.82, 2.24) is 0 Å². The summed E-state index contributed by atoms with van der Waals surface area (Å²) in [4.78, 5) is 12.5. The number of aryl methyl sites for hydroxylation is 1. The highest BCUT2D eigenvalue weighted by Gasteiger charge is 2.24. The maximum Gasteiger partial charge on any atom is 0.257 e. The van der Waals surface area contributed by atoms with Crippen molar-refractivity contribution in [1.29, 1.82) is 0 Å². The van der Waals surface area contributed by atoms with Gasteiger partial charge < -0.3 is 5.32 Å². The normalized spacial score (nSPS) is 14.1. The Morgan fingerprint density at radius 2 is 2.00 bits per heavy atom. The molecule has 2 aromatic rings. The van der Waals surface area contributed by atoms with E-state index in [1.165, 1.54) is 10.6 Å². The van der Waals surface area contributed by atoms with Gasteiger partial charge in [-0.05, 0) is 54.8 Å². The number of rotatable bonds is 3. The number of fused-ring (bicyclic) bond motifs is 1. The topological polar surface area (TPSA) is 66.5 Å².